The summed E-state index contributed by atoms with van der Waals surface area (Å²) in [5, 5.41) is 2.72. The van der Waals surface area contributed by atoms with E-state index in [9.17, 15) is 9.18 Å². The molecule has 1 aromatic rings. The quantitative estimate of drug-likeness (QED) is 0.855. The van der Waals surface area contributed by atoms with Gasteiger partial charge in [0.25, 0.3) is 0 Å². The minimum absolute atomic E-state index is 0. The van der Waals surface area contributed by atoms with Crippen molar-refractivity contribution in [2.75, 3.05) is 0 Å². The van der Waals surface area contributed by atoms with Crippen LogP contribution in [0.5, 0.6) is 0 Å². The van der Waals surface area contributed by atoms with Gasteiger partial charge in [-0.3, -0.25) is 4.79 Å². The van der Waals surface area contributed by atoms with Gasteiger partial charge in [0.05, 0.1) is 6.04 Å². The molecule has 6 heteroatoms. The average molecular weight is 354 g/mol. The molecule has 2 atom stereocenters. The molecule has 1 amide bonds. The molecule has 0 aromatic heterocycles. The van der Waals surface area contributed by atoms with Crippen LogP contribution in [0.15, 0.2) is 22.7 Å². The number of hydrogen-bond donors (Lipinski definition) is 2. The second kappa shape index (κ2) is 8.51. The van der Waals surface area contributed by atoms with E-state index in [0.29, 0.717) is 5.56 Å². The normalized spacial score (nSPS) is 13.3. The van der Waals surface area contributed by atoms with E-state index in [1.54, 1.807) is 6.07 Å². The van der Waals surface area contributed by atoms with E-state index in [0.717, 1.165) is 10.9 Å². The molecule has 0 aliphatic rings. The van der Waals surface area contributed by atoms with Gasteiger partial charge in [0.15, 0.2) is 0 Å². The number of carbonyl (C=O) groups is 1. The van der Waals surface area contributed by atoms with Gasteiger partial charge in [-0.05, 0) is 29.7 Å². The van der Waals surface area contributed by atoms with Gasteiger partial charge in [-0.2, -0.15) is 0 Å². The van der Waals surface area contributed by atoms with Crippen LogP contribution in [0, 0.1) is 11.7 Å². The van der Waals surface area contributed by atoms with Crippen LogP contribution in [0.2, 0.25) is 0 Å². The summed E-state index contributed by atoms with van der Waals surface area (Å²) in [5.74, 6) is -0.407. The summed E-state index contributed by atoms with van der Waals surface area (Å²) in [4.78, 5) is 11.8. The van der Waals surface area contributed by atoms with Crippen LogP contribution in [0.25, 0.3) is 0 Å². The first-order chi connectivity index (χ1) is 8.45. The fraction of sp³-hybridized carbons (Fsp3) is 0.462. The molecular weight excluding hydrogens is 335 g/mol. The van der Waals surface area contributed by atoms with Crippen LogP contribution in [0.1, 0.15) is 25.8 Å². The van der Waals surface area contributed by atoms with E-state index in [2.05, 4.69) is 21.2 Å². The Balaban J connectivity index is 0.00000324. The molecule has 0 aliphatic carbocycles. The Labute approximate surface area is 127 Å². The van der Waals surface area contributed by atoms with Crippen LogP contribution < -0.4 is 11.1 Å². The smallest absolute Gasteiger partial charge is 0.237 e. The molecule has 108 valence electrons. The monoisotopic (exact) mass is 352 g/mol. The predicted molar refractivity (Wildman–Crippen MR) is 80.6 cm³/mol. The van der Waals surface area contributed by atoms with Crippen LogP contribution in [-0.4, -0.2) is 11.9 Å². The van der Waals surface area contributed by atoms with Gasteiger partial charge in [0.2, 0.25) is 5.91 Å². The third-order valence-corrected chi connectivity index (χ3v) is 3.79. The summed E-state index contributed by atoms with van der Waals surface area (Å²) in [5.41, 5.74) is 6.50. The Kier molecular flexibility index (Phi) is 8.22. The van der Waals surface area contributed by atoms with E-state index >= 15 is 0 Å². The Morgan fingerprint density at radius 1 is 1.53 bits per heavy atom. The lowest BCUT2D eigenvalue weighted by molar-refractivity contribution is -0.123. The molecular formula is C13H19BrClFN2O. The van der Waals surface area contributed by atoms with Gasteiger partial charge in [0, 0.05) is 11.0 Å². The fourth-order valence-electron chi connectivity index (χ4n) is 1.49. The van der Waals surface area contributed by atoms with Crippen LogP contribution in [0.3, 0.4) is 0 Å². The van der Waals surface area contributed by atoms with Gasteiger partial charge in [-0.1, -0.05) is 36.2 Å². The molecule has 19 heavy (non-hydrogen) atoms. The molecule has 0 heterocycles. The van der Waals surface area contributed by atoms with Gasteiger partial charge in [-0.15, -0.1) is 12.4 Å². The van der Waals surface area contributed by atoms with Crippen LogP contribution >= 0.6 is 28.3 Å². The van der Waals surface area contributed by atoms with Crippen molar-refractivity contribution < 1.29 is 9.18 Å². The summed E-state index contributed by atoms with van der Waals surface area (Å²) in [7, 11) is 0. The van der Waals surface area contributed by atoms with Crippen LogP contribution in [-0.2, 0) is 11.3 Å². The highest BCUT2D eigenvalue weighted by Crippen LogP contribution is 2.17. The zero-order valence-corrected chi connectivity index (χ0v) is 13.4. The third kappa shape index (κ3) is 5.47. The fourth-order valence-corrected chi connectivity index (χ4v) is 1.88. The molecule has 1 rings (SSSR count). The molecule has 0 spiro atoms. The topological polar surface area (TPSA) is 55.1 Å². The average Bonchev–Trinajstić information content (AvgIpc) is 2.37. The first-order valence-electron chi connectivity index (χ1n) is 5.93. The lowest BCUT2D eigenvalue weighted by Gasteiger charge is -2.18. The number of amides is 1. The van der Waals surface area contributed by atoms with E-state index in [1.165, 1.54) is 12.1 Å². The van der Waals surface area contributed by atoms with Gasteiger partial charge in [-0.25, -0.2) is 4.39 Å². The molecule has 0 saturated heterocycles. The van der Waals surface area contributed by atoms with Gasteiger partial charge in [0.1, 0.15) is 5.82 Å². The summed E-state index contributed by atoms with van der Waals surface area (Å²) in [6, 6.07) is 3.84. The molecule has 2 unspecified atom stereocenters. The third-order valence-electron chi connectivity index (χ3n) is 3.02. The van der Waals surface area contributed by atoms with Crippen LogP contribution in [0.4, 0.5) is 4.39 Å². The zero-order chi connectivity index (χ0) is 13.7. The molecule has 0 saturated carbocycles. The second-order valence-electron chi connectivity index (χ2n) is 4.36. The Morgan fingerprint density at radius 3 is 2.74 bits per heavy atom. The first kappa shape index (κ1) is 18.4. The standard InChI is InChI=1S/C13H18BrFN2O.ClH/c1-3-8(2)12(16)13(18)17-7-9-6-10(15)4-5-11(9)14;/h4-6,8,12H,3,7,16H2,1-2H3,(H,17,18);1H. The molecule has 0 fully saturated rings. The van der Waals surface area contributed by atoms with Crippen molar-refractivity contribution in [2.45, 2.75) is 32.9 Å². The molecule has 3 nitrogen and oxygen atoms in total. The maximum atomic E-state index is 13.1. The molecule has 3 N–H and O–H groups in total. The number of hydrogen-bond acceptors (Lipinski definition) is 2. The number of nitrogens with one attached hydrogen (secondary N) is 1. The van der Waals surface area contributed by atoms with Crippen molar-refractivity contribution in [1.82, 2.24) is 5.32 Å². The van der Waals surface area contributed by atoms with Crippen molar-refractivity contribution >= 4 is 34.2 Å². The van der Waals surface area contributed by atoms with Crippen molar-refractivity contribution in [3.8, 4) is 0 Å². The molecule has 0 radical (unpaired) electrons. The number of rotatable bonds is 5. The molecule has 0 aliphatic heterocycles. The van der Waals surface area contributed by atoms with E-state index < -0.39 is 6.04 Å². The van der Waals surface area contributed by atoms with E-state index in [4.69, 9.17) is 5.73 Å². The maximum absolute atomic E-state index is 13.1. The lowest BCUT2D eigenvalue weighted by atomic mass is 9.99. The highest BCUT2D eigenvalue weighted by Gasteiger charge is 2.19. The summed E-state index contributed by atoms with van der Waals surface area (Å²) < 4.78 is 13.8. The Morgan fingerprint density at radius 2 is 2.16 bits per heavy atom. The number of nitrogens with two attached hydrogens (primary N) is 1. The minimum Gasteiger partial charge on any atom is -0.351 e. The van der Waals surface area contributed by atoms with Gasteiger partial charge < -0.3 is 11.1 Å². The molecule has 0 bridgehead atoms. The van der Waals surface area contributed by atoms with Crippen molar-refractivity contribution in [1.29, 1.82) is 0 Å². The Hall–Kier alpha value is -0.650. The number of carbonyl (C=O) groups excluding carboxylic acids is 1. The summed E-state index contributed by atoms with van der Waals surface area (Å²) in [6.45, 7) is 4.19. The van der Waals surface area contributed by atoms with Crippen molar-refractivity contribution in [3.63, 3.8) is 0 Å². The maximum Gasteiger partial charge on any atom is 0.237 e. The minimum atomic E-state index is -0.526. The largest absolute Gasteiger partial charge is 0.351 e. The van der Waals surface area contributed by atoms with Crippen molar-refractivity contribution in [3.05, 3.63) is 34.1 Å². The van der Waals surface area contributed by atoms with Gasteiger partial charge >= 0.3 is 0 Å². The highest BCUT2D eigenvalue weighted by molar-refractivity contribution is 9.10. The van der Waals surface area contributed by atoms with E-state index in [-0.39, 0.29) is 36.6 Å². The Bertz CT molecular complexity index is 431. The SMILES string of the molecule is CCC(C)C(N)C(=O)NCc1cc(F)ccc1Br.Cl. The second-order valence-corrected chi connectivity index (χ2v) is 5.22. The predicted octanol–water partition coefficient (Wildman–Crippen LogP) is 3.00. The zero-order valence-electron chi connectivity index (χ0n) is 11.0. The molecule has 1 aromatic carbocycles. The first-order valence-corrected chi connectivity index (χ1v) is 6.72. The summed E-state index contributed by atoms with van der Waals surface area (Å²) in [6.07, 6.45) is 0.845. The van der Waals surface area contributed by atoms with E-state index in [1.807, 2.05) is 13.8 Å². The summed E-state index contributed by atoms with van der Waals surface area (Å²) >= 11 is 3.31. The lowest BCUT2D eigenvalue weighted by Crippen LogP contribution is -2.44. The highest BCUT2D eigenvalue weighted by atomic mass is 79.9. The number of benzene rings is 1. The van der Waals surface area contributed by atoms with Crippen molar-refractivity contribution in [2.24, 2.45) is 11.7 Å². The number of halogens is 3.